The lowest BCUT2D eigenvalue weighted by atomic mass is 9.86. The minimum absolute atomic E-state index is 0.144. The highest BCUT2D eigenvalue weighted by molar-refractivity contribution is 6.21. The molecule has 0 spiro atoms. The number of hydrogen-bond donors (Lipinski definition) is 1. The number of hydrogen-bond acceptors (Lipinski definition) is 3. The fourth-order valence-electron chi connectivity index (χ4n) is 4.39. The third-order valence-corrected chi connectivity index (χ3v) is 5.78. The maximum atomic E-state index is 12.4. The Bertz CT molecular complexity index is 783. The number of nitrogens with zero attached hydrogens (tertiary/aromatic N) is 1. The number of imide groups is 1. The van der Waals surface area contributed by atoms with Gasteiger partial charge in [0.25, 0.3) is 11.8 Å². The summed E-state index contributed by atoms with van der Waals surface area (Å²) in [5.74, 6) is 0.418. The van der Waals surface area contributed by atoms with Gasteiger partial charge in [-0.3, -0.25) is 14.5 Å². The van der Waals surface area contributed by atoms with Crippen molar-refractivity contribution < 1.29 is 9.59 Å². The van der Waals surface area contributed by atoms with Gasteiger partial charge in [0.15, 0.2) is 0 Å². The average Bonchev–Trinajstić information content (AvgIpc) is 2.94. The topological polar surface area (TPSA) is 49.4 Å². The molecule has 4 nitrogen and oxygen atoms in total. The molecule has 2 aliphatic heterocycles. The number of piperidine rings is 1. The van der Waals surface area contributed by atoms with Crippen LogP contribution in [-0.4, -0.2) is 35.8 Å². The molecule has 0 radical (unpaired) electrons. The molecule has 2 heterocycles. The Kier molecular flexibility index (Phi) is 5.35. The van der Waals surface area contributed by atoms with Gasteiger partial charge in [0.05, 0.1) is 11.1 Å². The number of carbonyl (C=O) groups is 2. The Hall–Kier alpha value is -2.46. The molecule has 0 bridgehead atoms. The second-order valence-electron chi connectivity index (χ2n) is 7.68. The average molecular weight is 362 g/mol. The molecule has 0 saturated carbocycles. The van der Waals surface area contributed by atoms with Gasteiger partial charge in [-0.25, -0.2) is 0 Å². The molecule has 2 atom stereocenters. The highest BCUT2D eigenvalue weighted by Crippen LogP contribution is 2.25. The molecule has 1 fully saturated rings. The van der Waals surface area contributed by atoms with Crippen LogP contribution in [0, 0.1) is 5.92 Å². The van der Waals surface area contributed by atoms with Crippen LogP contribution in [0.5, 0.6) is 0 Å². The highest BCUT2D eigenvalue weighted by Gasteiger charge is 2.34. The van der Waals surface area contributed by atoms with Crippen LogP contribution in [0.3, 0.4) is 0 Å². The largest absolute Gasteiger partial charge is 0.314 e. The van der Waals surface area contributed by atoms with E-state index in [1.54, 1.807) is 12.1 Å². The first-order chi connectivity index (χ1) is 13.2. The van der Waals surface area contributed by atoms with E-state index in [1.807, 2.05) is 12.1 Å². The summed E-state index contributed by atoms with van der Waals surface area (Å²) in [5.41, 5.74) is 2.50. The quantitative estimate of drug-likeness (QED) is 0.798. The zero-order valence-electron chi connectivity index (χ0n) is 15.6. The van der Waals surface area contributed by atoms with Crippen molar-refractivity contribution in [1.29, 1.82) is 0 Å². The van der Waals surface area contributed by atoms with Crippen LogP contribution in [0.4, 0.5) is 0 Å². The van der Waals surface area contributed by atoms with Crippen LogP contribution in [0.25, 0.3) is 0 Å². The molecule has 27 heavy (non-hydrogen) atoms. The monoisotopic (exact) mass is 362 g/mol. The first-order valence-corrected chi connectivity index (χ1v) is 9.95. The molecule has 4 rings (SSSR count). The standard InChI is InChI=1S/C23H26N2O2/c26-22-20-10-4-5-11-21(20)23(27)25(22)14-6-9-19-16-18(12-13-24-19)15-17-7-2-1-3-8-17/h1-5,7-8,10-11,18-19,24H,6,9,12-16H2. The van der Waals surface area contributed by atoms with Crippen LogP contribution in [0.2, 0.25) is 0 Å². The summed E-state index contributed by atoms with van der Waals surface area (Å²) >= 11 is 0. The van der Waals surface area contributed by atoms with E-state index in [2.05, 4.69) is 35.6 Å². The summed E-state index contributed by atoms with van der Waals surface area (Å²) in [6, 6.07) is 18.3. The Balaban J connectivity index is 1.27. The minimum Gasteiger partial charge on any atom is -0.314 e. The Morgan fingerprint density at radius 1 is 0.926 bits per heavy atom. The summed E-state index contributed by atoms with van der Waals surface area (Å²) < 4.78 is 0. The second-order valence-corrected chi connectivity index (χ2v) is 7.68. The molecule has 1 saturated heterocycles. The van der Waals surface area contributed by atoms with Crippen molar-refractivity contribution >= 4 is 11.8 Å². The number of rotatable bonds is 6. The number of fused-ring (bicyclic) bond motifs is 1. The van der Waals surface area contributed by atoms with Crippen molar-refractivity contribution in [1.82, 2.24) is 10.2 Å². The van der Waals surface area contributed by atoms with Crippen LogP contribution in [-0.2, 0) is 6.42 Å². The SMILES string of the molecule is O=C1c2ccccc2C(=O)N1CCCC1CC(Cc2ccccc2)CCN1. The lowest BCUT2D eigenvalue weighted by molar-refractivity contribution is 0.0649. The molecule has 0 aromatic heterocycles. The first-order valence-electron chi connectivity index (χ1n) is 9.95. The van der Waals surface area contributed by atoms with E-state index in [4.69, 9.17) is 0 Å². The van der Waals surface area contributed by atoms with Crippen molar-refractivity contribution in [3.63, 3.8) is 0 Å². The fourth-order valence-corrected chi connectivity index (χ4v) is 4.39. The van der Waals surface area contributed by atoms with Crippen molar-refractivity contribution in [2.75, 3.05) is 13.1 Å². The lowest BCUT2D eigenvalue weighted by Gasteiger charge is -2.31. The van der Waals surface area contributed by atoms with Gasteiger partial charge in [-0.1, -0.05) is 42.5 Å². The molecule has 1 N–H and O–H groups in total. The van der Waals surface area contributed by atoms with E-state index in [-0.39, 0.29) is 11.8 Å². The summed E-state index contributed by atoms with van der Waals surface area (Å²) in [5, 5.41) is 3.61. The number of benzene rings is 2. The summed E-state index contributed by atoms with van der Waals surface area (Å²) in [7, 11) is 0. The van der Waals surface area contributed by atoms with E-state index in [0.717, 1.165) is 32.2 Å². The van der Waals surface area contributed by atoms with E-state index in [1.165, 1.54) is 16.9 Å². The summed E-state index contributed by atoms with van der Waals surface area (Å²) in [6.07, 6.45) is 5.36. The van der Waals surface area contributed by atoms with Gasteiger partial charge < -0.3 is 5.32 Å². The van der Waals surface area contributed by atoms with E-state index in [9.17, 15) is 9.59 Å². The van der Waals surface area contributed by atoms with Crippen molar-refractivity contribution in [3.8, 4) is 0 Å². The Morgan fingerprint density at radius 2 is 1.59 bits per heavy atom. The van der Waals surface area contributed by atoms with Crippen LogP contribution >= 0.6 is 0 Å². The van der Waals surface area contributed by atoms with Crippen molar-refractivity contribution in [2.24, 2.45) is 5.92 Å². The highest BCUT2D eigenvalue weighted by atomic mass is 16.2. The third-order valence-electron chi connectivity index (χ3n) is 5.78. The molecule has 0 aliphatic carbocycles. The summed E-state index contributed by atoms with van der Waals surface area (Å²) in [4.78, 5) is 26.3. The molecule has 2 amide bonds. The van der Waals surface area contributed by atoms with Crippen molar-refractivity contribution in [3.05, 3.63) is 71.3 Å². The zero-order chi connectivity index (χ0) is 18.6. The molecule has 2 aromatic carbocycles. The normalized spacial score (nSPS) is 22.1. The minimum atomic E-state index is -0.144. The van der Waals surface area contributed by atoms with Gasteiger partial charge in [0.1, 0.15) is 0 Å². The fraction of sp³-hybridized carbons (Fsp3) is 0.391. The number of nitrogens with one attached hydrogen (secondary N) is 1. The van der Waals surface area contributed by atoms with Gasteiger partial charge in [-0.05, 0) is 62.3 Å². The molecule has 2 unspecified atom stereocenters. The van der Waals surface area contributed by atoms with Gasteiger partial charge in [-0.15, -0.1) is 0 Å². The van der Waals surface area contributed by atoms with Crippen LogP contribution in [0.1, 0.15) is 52.0 Å². The lowest BCUT2D eigenvalue weighted by Crippen LogP contribution is -2.39. The van der Waals surface area contributed by atoms with E-state index in [0.29, 0.717) is 29.6 Å². The predicted molar refractivity (Wildman–Crippen MR) is 106 cm³/mol. The maximum absolute atomic E-state index is 12.4. The first kappa shape index (κ1) is 17.9. The van der Waals surface area contributed by atoms with Crippen LogP contribution < -0.4 is 5.32 Å². The predicted octanol–water partition coefficient (Wildman–Crippen LogP) is 3.67. The van der Waals surface area contributed by atoms with E-state index < -0.39 is 0 Å². The molecular weight excluding hydrogens is 336 g/mol. The molecule has 2 aliphatic rings. The smallest absolute Gasteiger partial charge is 0.261 e. The second kappa shape index (κ2) is 8.05. The Labute approximate surface area is 160 Å². The Morgan fingerprint density at radius 3 is 2.30 bits per heavy atom. The molecule has 2 aromatic rings. The van der Waals surface area contributed by atoms with Gasteiger partial charge in [-0.2, -0.15) is 0 Å². The molecular formula is C23H26N2O2. The van der Waals surface area contributed by atoms with Gasteiger partial charge >= 0.3 is 0 Å². The van der Waals surface area contributed by atoms with Gasteiger partial charge in [0, 0.05) is 12.6 Å². The number of carbonyl (C=O) groups excluding carboxylic acids is 2. The molecule has 4 heteroatoms. The van der Waals surface area contributed by atoms with Gasteiger partial charge in [0.2, 0.25) is 0 Å². The zero-order valence-corrected chi connectivity index (χ0v) is 15.6. The van der Waals surface area contributed by atoms with E-state index >= 15 is 0 Å². The van der Waals surface area contributed by atoms with Crippen molar-refractivity contribution in [2.45, 2.75) is 38.1 Å². The maximum Gasteiger partial charge on any atom is 0.261 e. The van der Waals surface area contributed by atoms with Crippen LogP contribution in [0.15, 0.2) is 54.6 Å². The summed E-state index contributed by atoms with van der Waals surface area (Å²) in [6.45, 7) is 1.56. The number of amides is 2. The third kappa shape index (κ3) is 3.96. The molecule has 140 valence electrons.